The Morgan fingerprint density at radius 1 is 1.78 bits per heavy atom. The Morgan fingerprint density at radius 3 is 3.22 bits per heavy atom. The summed E-state index contributed by atoms with van der Waals surface area (Å²) in [5.41, 5.74) is 1.00. The van der Waals surface area contributed by atoms with Gasteiger partial charge in [0.05, 0.1) is 18.2 Å². The highest BCUT2D eigenvalue weighted by molar-refractivity contribution is 5.41. The number of hydrogen-bond donors (Lipinski definition) is 2. The van der Waals surface area contributed by atoms with Crippen LogP contribution in [0.5, 0.6) is 0 Å². The zero-order valence-electron chi connectivity index (χ0n) is 5.26. The van der Waals surface area contributed by atoms with Gasteiger partial charge in [-0.25, -0.2) is 4.98 Å². The third-order valence-electron chi connectivity index (χ3n) is 0.949. The van der Waals surface area contributed by atoms with Crippen molar-refractivity contribution in [3.05, 3.63) is 24.4 Å². The van der Waals surface area contributed by atoms with Crippen LogP contribution >= 0.6 is 0 Å². The van der Waals surface area contributed by atoms with Crippen LogP contribution in [0.2, 0.25) is 0 Å². The summed E-state index contributed by atoms with van der Waals surface area (Å²) in [4.78, 5) is 6.77. The Labute approximate surface area is 53.8 Å². The number of hydrogen-bond acceptors (Lipinski definition) is 2. The first-order chi connectivity index (χ1) is 4.43. The molecule has 3 heteroatoms. The minimum absolute atomic E-state index is 1.00. The maximum atomic E-state index is 3.84. The number of nitrogens with one attached hydrogen (secondary N) is 2. The van der Waals surface area contributed by atoms with Crippen LogP contribution in [-0.4, -0.2) is 17.0 Å². The standard InChI is InChI=1S/C6H9N3/c1-7-3-2-6-4-8-5-9-6/h2-5,7H,1H3,(H,8,9)/b3-2-. The normalized spacial score (nSPS) is 10.3. The van der Waals surface area contributed by atoms with Crippen molar-refractivity contribution in [3.8, 4) is 0 Å². The van der Waals surface area contributed by atoms with Gasteiger partial charge in [-0.1, -0.05) is 0 Å². The fourth-order valence-electron chi connectivity index (χ4n) is 0.531. The highest BCUT2D eigenvalue weighted by Gasteiger charge is 1.80. The molecular formula is C6H9N3. The molecule has 0 aromatic carbocycles. The lowest BCUT2D eigenvalue weighted by molar-refractivity contribution is 1.11. The quantitative estimate of drug-likeness (QED) is 0.604. The largest absolute Gasteiger partial charge is 0.394 e. The number of H-pyrrole nitrogens is 1. The monoisotopic (exact) mass is 123 g/mol. The van der Waals surface area contributed by atoms with E-state index < -0.39 is 0 Å². The lowest BCUT2D eigenvalue weighted by atomic mass is 10.5. The van der Waals surface area contributed by atoms with Gasteiger partial charge < -0.3 is 10.3 Å². The van der Waals surface area contributed by atoms with Gasteiger partial charge in [-0.05, 0) is 12.3 Å². The van der Waals surface area contributed by atoms with Gasteiger partial charge in [-0.15, -0.1) is 0 Å². The van der Waals surface area contributed by atoms with Crippen LogP contribution in [0, 0.1) is 0 Å². The van der Waals surface area contributed by atoms with Crippen molar-refractivity contribution in [3.63, 3.8) is 0 Å². The molecule has 0 unspecified atom stereocenters. The van der Waals surface area contributed by atoms with E-state index in [1.807, 2.05) is 19.3 Å². The van der Waals surface area contributed by atoms with E-state index in [4.69, 9.17) is 0 Å². The van der Waals surface area contributed by atoms with E-state index in [0.717, 1.165) is 5.69 Å². The van der Waals surface area contributed by atoms with Crippen molar-refractivity contribution in [2.24, 2.45) is 0 Å². The first-order valence-corrected chi connectivity index (χ1v) is 2.75. The Kier molecular flexibility index (Phi) is 1.90. The summed E-state index contributed by atoms with van der Waals surface area (Å²) in [5.74, 6) is 0. The molecule has 0 saturated heterocycles. The molecule has 0 amide bonds. The number of imidazole rings is 1. The molecule has 2 N–H and O–H groups in total. The van der Waals surface area contributed by atoms with E-state index in [2.05, 4.69) is 15.3 Å². The molecule has 0 aliphatic rings. The first-order valence-electron chi connectivity index (χ1n) is 2.75. The molecular weight excluding hydrogens is 114 g/mol. The van der Waals surface area contributed by atoms with E-state index in [0.29, 0.717) is 0 Å². The Balaban J connectivity index is 2.57. The van der Waals surface area contributed by atoms with Crippen molar-refractivity contribution < 1.29 is 0 Å². The summed E-state index contributed by atoms with van der Waals surface area (Å²) < 4.78 is 0. The first kappa shape index (κ1) is 5.88. The second-order valence-electron chi connectivity index (χ2n) is 1.63. The molecule has 0 radical (unpaired) electrons. The molecule has 0 spiro atoms. The number of aromatic nitrogens is 2. The SMILES string of the molecule is CN/C=C\c1cnc[nH]1. The van der Waals surface area contributed by atoms with Gasteiger partial charge in [0.1, 0.15) is 0 Å². The van der Waals surface area contributed by atoms with Crippen LogP contribution < -0.4 is 5.32 Å². The van der Waals surface area contributed by atoms with Gasteiger partial charge in [-0.2, -0.15) is 0 Å². The van der Waals surface area contributed by atoms with E-state index in [1.165, 1.54) is 0 Å². The molecule has 1 heterocycles. The van der Waals surface area contributed by atoms with E-state index >= 15 is 0 Å². The van der Waals surface area contributed by atoms with Gasteiger partial charge in [-0.3, -0.25) is 0 Å². The maximum Gasteiger partial charge on any atom is 0.0924 e. The molecule has 3 nitrogen and oxygen atoms in total. The number of rotatable bonds is 2. The Morgan fingerprint density at radius 2 is 2.67 bits per heavy atom. The van der Waals surface area contributed by atoms with Gasteiger partial charge in [0.2, 0.25) is 0 Å². The average Bonchev–Trinajstić information content (AvgIpc) is 2.34. The molecule has 1 aromatic rings. The Bertz CT molecular complexity index is 176. The van der Waals surface area contributed by atoms with Gasteiger partial charge >= 0.3 is 0 Å². The zero-order chi connectivity index (χ0) is 6.53. The highest BCUT2D eigenvalue weighted by Crippen LogP contribution is 1.91. The van der Waals surface area contributed by atoms with E-state index in [1.54, 1.807) is 12.5 Å². The zero-order valence-corrected chi connectivity index (χ0v) is 5.26. The van der Waals surface area contributed by atoms with Crippen LogP contribution in [0.15, 0.2) is 18.7 Å². The second-order valence-corrected chi connectivity index (χ2v) is 1.63. The third-order valence-corrected chi connectivity index (χ3v) is 0.949. The summed E-state index contributed by atoms with van der Waals surface area (Å²) in [6.07, 6.45) is 7.16. The summed E-state index contributed by atoms with van der Waals surface area (Å²) in [5, 5.41) is 2.88. The van der Waals surface area contributed by atoms with E-state index in [-0.39, 0.29) is 0 Å². The molecule has 0 saturated carbocycles. The van der Waals surface area contributed by atoms with Crippen LogP contribution in [-0.2, 0) is 0 Å². The lowest BCUT2D eigenvalue weighted by Gasteiger charge is -1.82. The third kappa shape index (κ3) is 1.60. The lowest BCUT2D eigenvalue weighted by Crippen LogP contribution is -1.90. The minimum Gasteiger partial charge on any atom is -0.394 e. The maximum absolute atomic E-state index is 3.84. The molecule has 0 atom stereocenters. The van der Waals surface area contributed by atoms with Crippen molar-refractivity contribution in [2.45, 2.75) is 0 Å². The van der Waals surface area contributed by atoms with Crippen LogP contribution in [0.3, 0.4) is 0 Å². The predicted molar refractivity (Wildman–Crippen MR) is 36.7 cm³/mol. The fraction of sp³-hybridized carbons (Fsp3) is 0.167. The van der Waals surface area contributed by atoms with Crippen molar-refractivity contribution >= 4 is 6.08 Å². The van der Waals surface area contributed by atoms with Gasteiger partial charge in [0.25, 0.3) is 0 Å². The summed E-state index contributed by atoms with van der Waals surface area (Å²) in [6.45, 7) is 0. The number of aromatic amines is 1. The molecule has 0 bridgehead atoms. The summed E-state index contributed by atoms with van der Waals surface area (Å²) in [7, 11) is 1.85. The fourth-order valence-corrected chi connectivity index (χ4v) is 0.531. The smallest absolute Gasteiger partial charge is 0.0924 e. The van der Waals surface area contributed by atoms with Gasteiger partial charge in [0.15, 0.2) is 0 Å². The van der Waals surface area contributed by atoms with Crippen molar-refractivity contribution in [2.75, 3.05) is 7.05 Å². The molecule has 0 fully saturated rings. The highest BCUT2D eigenvalue weighted by atomic mass is 14.9. The Hall–Kier alpha value is -1.25. The topological polar surface area (TPSA) is 40.7 Å². The molecule has 1 aromatic heterocycles. The minimum atomic E-state index is 1.00. The van der Waals surface area contributed by atoms with Crippen molar-refractivity contribution in [1.29, 1.82) is 0 Å². The molecule has 1 rings (SSSR count). The van der Waals surface area contributed by atoms with Gasteiger partial charge in [0, 0.05) is 7.05 Å². The summed E-state index contributed by atoms with van der Waals surface area (Å²) >= 11 is 0. The van der Waals surface area contributed by atoms with E-state index in [9.17, 15) is 0 Å². The predicted octanol–water partition coefficient (Wildman–Crippen LogP) is 0.600. The molecule has 0 aliphatic heterocycles. The molecule has 9 heavy (non-hydrogen) atoms. The summed E-state index contributed by atoms with van der Waals surface area (Å²) in [6, 6.07) is 0. The number of nitrogens with zero attached hydrogens (tertiary/aromatic N) is 1. The molecule has 48 valence electrons. The molecule has 0 aliphatic carbocycles. The van der Waals surface area contributed by atoms with Crippen LogP contribution in [0.4, 0.5) is 0 Å². The second kappa shape index (κ2) is 2.91. The van der Waals surface area contributed by atoms with Crippen LogP contribution in [0.25, 0.3) is 6.08 Å². The average molecular weight is 123 g/mol. The van der Waals surface area contributed by atoms with Crippen molar-refractivity contribution in [1.82, 2.24) is 15.3 Å². The van der Waals surface area contributed by atoms with Crippen LogP contribution in [0.1, 0.15) is 5.69 Å².